The van der Waals surface area contributed by atoms with Gasteiger partial charge in [-0.2, -0.15) is 0 Å². The lowest BCUT2D eigenvalue weighted by molar-refractivity contribution is 0.274. The topological polar surface area (TPSA) is 42.2 Å². The highest BCUT2D eigenvalue weighted by Gasteiger charge is 1.95. The van der Waals surface area contributed by atoms with Crippen molar-refractivity contribution in [3.63, 3.8) is 0 Å². The molecule has 19 heavy (non-hydrogen) atoms. The average molecular weight is 276 g/mol. The van der Waals surface area contributed by atoms with E-state index in [0.717, 1.165) is 11.1 Å². The Morgan fingerprint density at radius 1 is 1.11 bits per heavy atom. The molecule has 0 saturated carbocycles. The van der Waals surface area contributed by atoms with E-state index in [0.29, 0.717) is 11.6 Å². The van der Waals surface area contributed by atoms with Crippen LogP contribution in [0.1, 0.15) is 11.1 Å². The van der Waals surface area contributed by atoms with Crippen molar-refractivity contribution in [3.05, 3.63) is 69.1 Å². The van der Waals surface area contributed by atoms with Crippen LogP contribution in [0.5, 0.6) is 0 Å². The monoisotopic (exact) mass is 275 g/mol. The summed E-state index contributed by atoms with van der Waals surface area (Å²) in [5, 5.41) is 9.50. The summed E-state index contributed by atoms with van der Waals surface area (Å²) in [6, 6.07) is 10.8. The first-order chi connectivity index (χ1) is 9.19. The van der Waals surface area contributed by atoms with Crippen LogP contribution in [-0.2, 0) is 6.54 Å². The lowest BCUT2D eigenvalue weighted by Crippen LogP contribution is -2.20. The molecule has 0 unspecified atom stereocenters. The van der Waals surface area contributed by atoms with Gasteiger partial charge < -0.3 is 9.67 Å². The number of aromatic nitrogens is 1. The number of nitrogens with zero attached hydrogens (tertiary/aromatic N) is 1. The summed E-state index contributed by atoms with van der Waals surface area (Å²) in [6.45, 7) is 0.278. The molecule has 2 aromatic rings. The Labute approximate surface area is 116 Å². The highest BCUT2D eigenvalue weighted by molar-refractivity contribution is 6.30. The molecule has 0 fully saturated rings. The Kier molecular flexibility index (Phi) is 4.55. The van der Waals surface area contributed by atoms with E-state index in [1.54, 1.807) is 12.3 Å². The van der Waals surface area contributed by atoms with Crippen LogP contribution in [0.25, 0.3) is 12.2 Å². The number of aliphatic hydroxyl groups is 1. The van der Waals surface area contributed by atoms with Crippen LogP contribution < -0.4 is 5.56 Å². The van der Waals surface area contributed by atoms with Gasteiger partial charge in [-0.15, -0.1) is 0 Å². The highest BCUT2D eigenvalue weighted by Crippen LogP contribution is 2.12. The van der Waals surface area contributed by atoms with Crippen LogP contribution in [0.2, 0.25) is 5.02 Å². The Bertz CT molecular complexity index is 629. The van der Waals surface area contributed by atoms with Crippen molar-refractivity contribution in [1.29, 1.82) is 0 Å². The Morgan fingerprint density at radius 3 is 2.42 bits per heavy atom. The third kappa shape index (κ3) is 3.81. The molecule has 0 spiro atoms. The molecule has 0 aliphatic carbocycles. The molecule has 1 aromatic heterocycles. The van der Waals surface area contributed by atoms with Crippen molar-refractivity contribution in [3.8, 4) is 0 Å². The number of hydrogen-bond donors (Lipinski definition) is 1. The van der Waals surface area contributed by atoms with Gasteiger partial charge in [0.05, 0.1) is 6.61 Å². The van der Waals surface area contributed by atoms with E-state index < -0.39 is 0 Å². The molecule has 1 N–H and O–H groups in total. The van der Waals surface area contributed by atoms with Crippen LogP contribution in [0, 0.1) is 0 Å². The van der Waals surface area contributed by atoms with E-state index in [4.69, 9.17) is 16.7 Å². The van der Waals surface area contributed by atoms with Crippen LogP contribution in [0.4, 0.5) is 0 Å². The minimum absolute atomic E-state index is 0.0418. The van der Waals surface area contributed by atoms with Crippen LogP contribution in [-0.4, -0.2) is 16.3 Å². The van der Waals surface area contributed by atoms with Gasteiger partial charge in [0, 0.05) is 23.8 Å². The molecule has 1 heterocycles. The van der Waals surface area contributed by atoms with Gasteiger partial charge in [-0.3, -0.25) is 4.79 Å². The Morgan fingerprint density at radius 2 is 1.79 bits per heavy atom. The van der Waals surface area contributed by atoms with Crippen molar-refractivity contribution < 1.29 is 5.11 Å². The number of rotatable bonds is 4. The number of aliphatic hydroxyl groups excluding tert-OH is 1. The fraction of sp³-hybridized carbons (Fsp3) is 0.133. The first-order valence-electron chi connectivity index (χ1n) is 5.94. The van der Waals surface area contributed by atoms with Crippen LogP contribution in [0.15, 0.2) is 47.4 Å². The number of benzene rings is 1. The van der Waals surface area contributed by atoms with E-state index in [-0.39, 0.29) is 12.2 Å². The van der Waals surface area contributed by atoms with Gasteiger partial charge >= 0.3 is 0 Å². The van der Waals surface area contributed by atoms with E-state index in [2.05, 4.69) is 0 Å². The zero-order valence-electron chi connectivity index (χ0n) is 10.3. The molecule has 0 amide bonds. The maximum atomic E-state index is 11.7. The lowest BCUT2D eigenvalue weighted by atomic mass is 10.1. The summed E-state index contributed by atoms with van der Waals surface area (Å²) >= 11 is 5.81. The molecule has 0 aliphatic heterocycles. The molecule has 0 radical (unpaired) electrons. The standard InChI is InChI=1S/C15H14ClNO2/c16-14-5-3-12(4-6-14)1-2-13-7-8-17(9-10-18)15(19)11-13/h1-8,11,18H,9-10H2/b2-1+. The van der Waals surface area contributed by atoms with E-state index in [9.17, 15) is 4.79 Å². The molecule has 98 valence electrons. The second kappa shape index (κ2) is 6.36. The maximum Gasteiger partial charge on any atom is 0.251 e. The SMILES string of the molecule is O=c1cc(/C=C/c2ccc(Cl)cc2)ccn1CCO. The van der Waals surface area contributed by atoms with Gasteiger partial charge in [0.1, 0.15) is 0 Å². The average Bonchev–Trinajstić information content (AvgIpc) is 2.41. The molecular formula is C15H14ClNO2. The Hall–Kier alpha value is -1.84. The second-order valence-electron chi connectivity index (χ2n) is 4.10. The quantitative estimate of drug-likeness (QED) is 0.932. The molecule has 0 bridgehead atoms. The molecule has 4 heteroatoms. The molecule has 0 saturated heterocycles. The fourth-order valence-electron chi connectivity index (χ4n) is 1.69. The highest BCUT2D eigenvalue weighted by atomic mass is 35.5. The van der Waals surface area contributed by atoms with Crippen molar-refractivity contribution in [2.24, 2.45) is 0 Å². The number of pyridine rings is 1. The van der Waals surface area contributed by atoms with Gasteiger partial charge in [0.25, 0.3) is 5.56 Å². The molecule has 3 nitrogen and oxygen atoms in total. The summed E-state index contributed by atoms with van der Waals surface area (Å²) in [6.07, 6.45) is 5.47. The number of halogens is 1. The normalized spacial score (nSPS) is 11.1. The molecule has 0 atom stereocenters. The smallest absolute Gasteiger partial charge is 0.251 e. The largest absolute Gasteiger partial charge is 0.395 e. The molecule has 2 rings (SSSR count). The zero-order valence-corrected chi connectivity index (χ0v) is 11.0. The van der Waals surface area contributed by atoms with E-state index >= 15 is 0 Å². The summed E-state index contributed by atoms with van der Waals surface area (Å²) in [5.41, 5.74) is 1.73. The van der Waals surface area contributed by atoms with Crippen molar-refractivity contribution in [1.82, 2.24) is 4.57 Å². The minimum atomic E-state index is -0.118. The fourth-order valence-corrected chi connectivity index (χ4v) is 1.81. The first kappa shape index (κ1) is 13.6. The van der Waals surface area contributed by atoms with Crippen LogP contribution >= 0.6 is 11.6 Å². The van der Waals surface area contributed by atoms with Crippen LogP contribution in [0.3, 0.4) is 0 Å². The Balaban J connectivity index is 2.17. The van der Waals surface area contributed by atoms with Gasteiger partial charge in [-0.1, -0.05) is 35.9 Å². The zero-order chi connectivity index (χ0) is 13.7. The second-order valence-corrected chi connectivity index (χ2v) is 4.54. The minimum Gasteiger partial charge on any atom is -0.395 e. The summed E-state index contributed by atoms with van der Waals surface area (Å²) < 4.78 is 1.47. The number of hydrogen-bond acceptors (Lipinski definition) is 2. The first-order valence-corrected chi connectivity index (χ1v) is 6.32. The predicted molar refractivity (Wildman–Crippen MR) is 78.2 cm³/mol. The van der Waals surface area contributed by atoms with Gasteiger partial charge in [0.2, 0.25) is 0 Å². The predicted octanol–water partition coefficient (Wildman–Crippen LogP) is 2.66. The third-order valence-corrected chi connectivity index (χ3v) is 2.95. The van der Waals surface area contributed by atoms with Crippen molar-refractivity contribution >= 4 is 23.8 Å². The van der Waals surface area contributed by atoms with Crippen molar-refractivity contribution in [2.75, 3.05) is 6.61 Å². The summed E-state index contributed by atoms with van der Waals surface area (Å²) in [5.74, 6) is 0. The van der Waals surface area contributed by atoms with E-state index in [1.807, 2.05) is 42.5 Å². The van der Waals surface area contributed by atoms with Crippen molar-refractivity contribution in [2.45, 2.75) is 6.54 Å². The summed E-state index contributed by atoms with van der Waals surface area (Å²) in [4.78, 5) is 11.7. The maximum absolute atomic E-state index is 11.7. The lowest BCUT2D eigenvalue weighted by Gasteiger charge is -2.02. The summed E-state index contributed by atoms with van der Waals surface area (Å²) in [7, 11) is 0. The third-order valence-electron chi connectivity index (χ3n) is 2.70. The van der Waals surface area contributed by atoms with E-state index in [1.165, 1.54) is 4.57 Å². The van der Waals surface area contributed by atoms with Gasteiger partial charge in [-0.25, -0.2) is 0 Å². The van der Waals surface area contributed by atoms with Gasteiger partial charge in [-0.05, 0) is 29.3 Å². The molecular weight excluding hydrogens is 262 g/mol. The van der Waals surface area contributed by atoms with Gasteiger partial charge in [0.15, 0.2) is 0 Å². The molecule has 0 aliphatic rings. The molecule has 1 aromatic carbocycles.